The molecule has 1 aromatic carbocycles. The SMILES string of the molecule is CC(=O)NC[C@H]1CN(c2ccc(C(=N)C[C@@H](C)n3nccn3)c(F)c2)C(=O)O1. The van der Waals surface area contributed by atoms with Crippen molar-refractivity contribution in [1.82, 2.24) is 20.3 Å². The van der Waals surface area contributed by atoms with Gasteiger partial charge in [0.25, 0.3) is 0 Å². The second kappa shape index (κ2) is 8.15. The van der Waals surface area contributed by atoms with Gasteiger partial charge in [0.2, 0.25) is 5.91 Å². The lowest BCUT2D eigenvalue weighted by atomic mass is 10.0. The van der Waals surface area contributed by atoms with Crippen molar-refractivity contribution in [1.29, 1.82) is 5.41 Å². The maximum Gasteiger partial charge on any atom is 0.414 e. The Bertz CT molecular complexity index is 885. The third-order valence-electron chi connectivity index (χ3n) is 4.37. The first-order valence-electron chi connectivity index (χ1n) is 8.81. The van der Waals surface area contributed by atoms with Crippen LogP contribution in [-0.4, -0.2) is 51.9 Å². The summed E-state index contributed by atoms with van der Waals surface area (Å²) in [6, 6.07) is 4.07. The maximum atomic E-state index is 14.6. The van der Waals surface area contributed by atoms with E-state index in [-0.39, 0.29) is 42.7 Å². The molecule has 10 heteroatoms. The molecular weight excluding hydrogens is 367 g/mol. The van der Waals surface area contributed by atoms with E-state index in [1.807, 2.05) is 6.92 Å². The second-order valence-electron chi connectivity index (χ2n) is 6.60. The molecule has 0 unspecified atom stereocenters. The predicted molar refractivity (Wildman–Crippen MR) is 98.9 cm³/mol. The van der Waals surface area contributed by atoms with Crippen LogP contribution in [-0.2, 0) is 9.53 Å². The molecule has 2 aromatic rings. The summed E-state index contributed by atoms with van der Waals surface area (Å²) < 4.78 is 19.8. The molecular formula is C18H21FN6O3. The molecule has 0 bridgehead atoms. The highest BCUT2D eigenvalue weighted by Crippen LogP contribution is 2.25. The fourth-order valence-corrected chi connectivity index (χ4v) is 2.95. The lowest BCUT2D eigenvalue weighted by Gasteiger charge is -2.16. The topological polar surface area (TPSA) is 113 Å². The highest BCUT2D eigenvalue weighted by molar-refractivity contribution is 5.99. The van der Waals surface area contributed by atoms with Crippen molar-refractivity contribution in [3.8, 4) is 0 Å². The van der Waals surface area contributed by atoms with Crippen molar-refractivity contribution in [2.24, 2.45) is 0 Å². The summed E-state index contributed by atoms with van der Waals surface area (Å²) in [7, 11) is 0. The third-order valence-corrected chi connectivity index (χ3v) is 4.37. The first-order chi connectivity index (χ1) is 13.3. The highest BCUT2D eigenvalue weighted by Gasteiger charge is 2.32. The Hall–Kier alpha value is -3.30. The summed E-state index contributed by atoms with van der Waals surface area (Å²) in [5.41, 5.74) is 0.609. The lowest BCUT2D eigenvalue weighted by Crippen LogP contribution is -2.33. The van der Waals surface area contributed by atoms with Gasteiger partial charge in [-0.1, -0.05) is 0 Å². The van der Waals surface area contributed by atoms with Crippen LogP contribution < -0.4 is 10.2 Å². The number of benzene rings is 1. The lowest BCUT2D eigenvalue weighted by molar-refractivity contribution is -0.119. The molecule has 0 spiro atoms. The zero-order chi connectivity index (χ0) is 20.3. The van der Waals surface area contributed by atoms with Crippen molar-refractivity contribution in [3.05, 3.63) is 42.0 Å². The minimum absolute atomic E-state index is 0.112. The van der Waals surface area contributed by atoms with Gasteiger partial charge in [0, 0.05) is 24.6 Å². The molecule has 9 nitrogen and oxygen atoms in total. The van der Waals surface area contributed by atoms with Crippen LogP contribution in [0.3, 0.4) is 0 Å². The number of hydrogen-bond acceptors (Lipinski definition) is 6. The molecule has 0 aliphatic carbocycles. The zero-order valence-electron chi connectivity index (χ0n) is 15.6. The fraction of sp³-hybridized carbons (Fsp3) is 0.389. The summed E-state index contributed by atoms with van der Waals surface area (Å²) in [5.74, 6) is -0.816. The number of carbonyl (C=O) groups excluding carboxylic acids is 2. The Balaban J connectivity index is 1.67. The average Bonchev–Trinajstić information content (AvgIpc) is 3.29. The molecule has 0 radical (unpaired) electrons. The Morgan fingerprint density at radius 2 is 2.14 bits per heavy atom. The van der Waals surface area contributed by atoms with Crippen LogP contribution in [0.1, 0.15) is 31.9 Å². The summed E-state index contributed by atoms with van der Waals surface area (Å²) in [6.07, 6.45) is 2.25. The summed E-state index contributed by atoms with van der Waals surface area (Å²) in [4.78, 5) is 25.8. The monoisotopic (exact) mass is 388 g/mol. The minimum Gasteiger partial charge on any atom is -0.442 e. The molecule has 1 aliphatic heterocycles. The van der Waals surface area contributed by atoms with Crippen molar-refractivity contribution >= 4 is 23.4 Å². The number of anilines is 1. The Morgan fingerprint density at radius 3 is 2.79 bits per heavy atom. The number of hydrogen-bond donors (Lipinski definition) is 2. The van der Waals surface area contributed by atoms with Crippen LogP contribution in [0.4, 0.5) is 14.9 Å². The number of cyclic esters (lactones) is 1. The normalized spacial score (nSPS) is 17.3. The van der Waals surface area contributed by atoms with Crippen LogP contribution in [0.2, 0.25) is 0 Å². The summed E-state index contributed by atoms with van der Waals surface area (Å²) in [5, 5.41) is 18.8. The van der Waals surface area contributed by atoms with Crippen LogP contribution in [0.25, 0.3) is 0 Å². The van der Waals surface area contributed by atoms with Crippen molar-refractivity contribution < 1.29 is 18.7 Å². The maximum absolute atomic E-state index is 14.6. The van der Waals surface area contributed by atoms with Crippen molar-refractivity contribution in [3.63, 3.8) is 0 Å². The van der Waals surface area contributed by atoms with Gasteiger partial charge in [-0.3, -0.25) is 9.69 Å². The number of nitrogens with zero attached hydrogens (tertiary/aromatic N) is 4. The Labute approximate surface area is 161 Å². The molecule has 2 heterocycles. The van der Waals surface area contributed by atoms with E-state index in [0.717, 1.165) is 0 Å². The van der Waals surface area contributed by atoms with E-state index in [2.05, 4.69) is 15.5 Å². The zero-order valence-corrected chi connectivity index (χ0v) is 15.6. The number of aromatic nitrogens is 3. The van der Waals surface area contributed by atoms with Gasteiger partial charge >= 0.3 is 6.09 Å². The van der Waals surface area contributed by atoms with Gasteiger partial charge in [-0.2, -0.15) is 15.0 Å². The van der Waals surface area contributed by atoms with E-state index in [1.165, 1.54) is 28.8 Å². The Kier molecular flexibility index (Phi) is 5.67. The standard InChI is InChI=1S/C18H21FN6O3/c1-11(25-22-5-6-23-25)7-17(20)15-4-3-13(8-16(15)19)24-10-14(28-18(24)27)9-21-12(2)26/h3-6,8,11,14,20H,7,9-10H2,1-2H3,(H,21,26)/t11-,14+/m1/s1. The number of rotatable bonds is 7. The van der Waals surface area contributed by atoms with E-state index in [0.29, 0.717) is 5.69 Å². The van der Waals surface area contributed by atoms with E-state index >= 15 is 0 Å². The van der Waals surface area contributed by atoms with E-state index in [1.54, 1.807) is 18.5 Å². The third kappa shape index (κ3) is 4.33. The van der Waals surface area contributed by atoms with Gasteiger partial charge in [-0.25, -0.2) is 9.18 Å². The van der Waals surface area contributed by atoms with E-state index < -0.39 is 18.0 Å². The van der Waals surface area contributed by atoms with E-state index in [4.69, 9.17) is 10.1 Å². The number of halogens is 1. The van der Waals surface area contributed by atoms with E-state index in [9.17, 15) is 14.0 Å². The molecule has 2 amide bonds. The van der Waals surface area contributed by atoms with Gasteiger partial charge in [0.05, 0.1) is 37.2 Å². The van der Waals surface area contributed by atoms with Crippen LogP contribution in [0.5, 0.6) is 0 Å². The van der Waals surface area contributed by atoms with Crippen LogP contribution >= 0.6 is 0 Å². The van der Waals surface area contributed by atoms with Gasteiger partial charge < -0.3 is 15.5 Å². The molecule has 1 fully saturated rings. The van der Waals surface area contributed by atoms with Crippen LogP contribution in [0, 0.1) is 11.2 Å². The molecule has 1 aliphatic rings. The predicted octanol–water partition coefficient (Wildman–Crippen LogP) is 1.90. The first kappa shape index (κ1) is 19.5. The number of carbonyl (C=O) groups is 2. The summed E-state index contributed by atoms with van der Waals surface area (Å²) >= 11 is 0. The first-order valence-corrected chi connectivity index (χ1v) is 8.81. The van der Waals surface area contributed by atoms with Gasteiger partial charge in [-0.05, 0) is 25.1 Å². The molecule has 148 valence electrons. The molecule has 1 aromatic heterocycles. The molecule has 0 saturated carbocycles. The molecule has 2 atom stereocenters. The average molecular weight is 388 g/mol. The number of amides is 2. The number of ether oxygens (including phenoxy) is 1. The second-order valence-corrected chi connectivity index (χ2v) is 6.60. The molecule has 2 N–H and O–H groups in total. The van der Waals surface area contributed by atoms with Crippen LogP contribution in [0.15, 0.2) is 30.6 Å². The van der Waals surface area contributed by atoms with Gasteiger partial charge in [0.15, 0.2) is 0 Å². The molecule has 3 rings (SSSR count). The fourth-order valence-electron chi connectivity index (χ4n) is 2.95. The van der Waals surface area contributed by atoms with Gasteiger partial charge in [-0.15, -0.1) is 0 Å². The van der Waals surface area contributed by atoms with Crippen molar-refractivity contribution in [2.45, 2.75) is 32.4 Å². The highest BCUT2D eigenvalue weighted by atomic mass is 19.1. The quantitative estimate of drug-likeness (QED) is 0.704. The van der Waals surface area contributed by atoms with Gasteiger partial charge in [0.1, 0.15) is 11.9 Å². The number of nitrogens with one attached hydrogen (secondary N) is 2. The minimum atomic E-state index is -0.601. The summed E-state index contributed by atoms with van der Waals surface area (Å²) in [6.45, 7) is 3.62. The van der Waals surface area contributed by atoms with Crippen molar-refractivity contribution in [2.75, 3.05) is 18.0 Å². The molecule has 28 heavy (non-hydrogen) atoms. The Morgan fingerprint density at radius 1 is 1.43 bits per heavy atom. The smallest absolute Gasteiger partial charge is 0.414 e. The largest absolute Gasteiger partial charge is 0.442 e. The molecule has 1 saturated heterocycles.